The van der Waals surface area contributed by atoms with Gasteiger partial charge in [-0.2, -0.15) is 0 Å². The topological polar surface area (TPSA) is 64.6 Å². The molecular weight excluding hydrogens is 318 g/mol. The zero-order chi connectivity index (χ0) is 16.7. The summed E-state index contributed by atoms with van der Waals surface area (Å²) in [6.07, 6.45) is 0. The molecule has 0 radical (unpaired) electrons. The summed E-state index contributed by atoms with van der Waals surface area (Å²) in [4.78, 5) is 23.2. The van der Waals surface area contributed by atoms with Gasteiger partial charge in [-0.15, -0.1) is 0 Å². The number of rotatable bonds is 6. The fourth-order valence-corrected chi connectivity index (χ4v) is 2.09. The van der Waals surface area contributed by atoms with Gasteiger partial charge in [0.05, 0.1) is 12.7 Å². The van der Waals surface area contributed by atoms with E-state index < -0.39 is 5.97 Å². The van der Waals surface area contributed by atoms with Gasteiger partial charge in [-0.05, 0) is 35.9 Å². The molecule has 0 unspecified atom stereocenters. The van der Waals surface area contributed by atoms with Crippen molar-refractivity contribution in [1.82, 2.24) is 5.32 Å². The van der Waals surface area contributed by atoms with Crippen molar-refractivity contribution in [2.75, 3.05) is 13.7 Å². The molecule has 6 heteroatoms. The number of carbonyl (C=O) groups excluding carboxylic acids is 2. The van der Waals surface area contributed by atoms with Crippen molar-refractivity contribution in [3.63, 3.8) is 0 Å². The third kappa shape index (κ3) is 5.30. The number of halogens is 1. The molecule has 1 amide bonds. The number of hydrogen-bond donors (Lipinski definition) is 1. The van der Waals surface area contributed by atoms with Crippen molar-refractivity contribution in [1.29, 1.82) is 0 Å². The molecule has 2 aromatic carbocycles. The summed E-state index contributed by atoms with van der Waals surface area (Å²) >= 11 is 5.88. The smallest absolute Gasteiger partial charge is 0.337 e. The Balaban J connectivity index is 1.83. The first kappa shape index (κ1) is 16.8. The van der Waals surface area contributed by atoms with E-state index in [0.29, 0.717) is 22.9 Å². The maximum Gasteiger partial charge on any atom is 0.337 e. The molecule has 0 saturated heterocycles. The lowest BCUT2D eigenvalue weighted by Crippen LogP contribution is -2.28. The Labute approximate surface area is 139 Å². The summed E-state index contributed by atoms with van der Waals surface area (Å²) in [5, 5.41) is 3.35. The lowest BCUT2D eigenvalue weighted by Gasteiger charge is -2.08. The van der Waals surface area contributed by atoms with Crippen LogP contribution in [-0.2, 0) is 16.1 Å². The van der Waals surface area contributed by atoms with Crippen LogP contribution >= 0.6 is 11.6 Å². The summed E-state index contributed by atoms with van der Waals surface area (Å²) in [6.45, 7) is 0.218. The van der Waals surface area contributed by atoms with Crippen LogP contribution in [0.2, 0.25) is 5.02 Å². The Bertz CT molecular complexity index is 702. The van der Waals surface area contributed by atoms with Crippen LogP contribution in [0.25, 0.3) is 0 Å². The number of methoxy groups -OCH3 is 1. The molecule has 23 heavy (non-hydrogen) atoms. The van der Waals surface area contributed by atoms with Gasteiger partial charge in [-0.25, -0.2) is 4.79 Å². The molecule has 0 aromatic heterocycles. The van der Waals surface area contributed by atoms with Gasteiger partial charge in [-0.1, -0.05) is 29.8 Å². The van der Waals surface area contributed by atoms with Crippen LogP contribution in [0.15, 0.2) is 48.5 Å². The summed E-state index contributed by atoms with van der Waals surface area (Å²) < 4.78 is 10.00. The third-order valence-corrected chi connectivity index (χ3v) is 3.24. The van der Waals surface area contributed by atoms with Crippen LogP contribution < -0.4 is 10.1 Å². The second-order valence-corrected chi connectivity index (χ2v) is 5.15. The van der Waals surface area contributed by atoms with E-state index in [1.807, 2.05) is 12.1 Å². The molecule has 0 spiro atoms. The van der Waals surface area contributed by atoms with Crippen molar-refractivity contribution in [3.05, 3.63) is 64.7 Å². The minimum Gasteiger partial charge on any atom is -0.484 e. The van der Waals surface area contributed by atoms with Gasteiger partial charge >= 0.3 is 5.97 Å². The second kappa shape index (κ2) is 8.19. The molecule has 0 saturated carbocycles. The normalized spacial score (nSPS) is 10.0. The van der Waals surface area contributed by atoms with Gasteiger partial charge in [0.15, 0.2) is 6.61 Å². The summed E-state index contributed by atoms with van der Waals surface area (Å²) in [7, 11) is 1.30. The standard InChI is InChI=1S/C17H16ClNO4/c1-22-17(21)13-5-3-7-15(9-13)23-11-16(20)19-10-12-4-2-6-14(18)8-12/h2-9H,10-11H2,1H3,(H,19,20). The monoisotopic (exact) mass is 333 g/mol. The fraction of sp³-hybridized carbons (Fsp3) is 0.176. The Hall–Kier alpha value is -2.53. The molecule has 0 aliphatic heterocycles. The molecule has 1 N–H and O–H groups in total. The van der Waals surface area contributed by atoms with E-state index >= 15 is 0 Å². The highest BCUT2D eigenvalue weighted by molar-refractivity contribution is 6.30. The van der Waals surface area contributed by atoms with E-state index in [4.69, 9.17) is 16.3 Å². The number of benzene rings is 2. The second-order valence-electron chi connectivity index (χ2n) is 4.71. The van der Waals surface area contributed by atoms with E-state index in [-0.39, 0.29) is 12.5 Å². The average molecular weight is 334 g/mol. The van der Waals surface area contributed by atoms with E-state index in [9.17, 15) is 9.59 Å². The number of carbonyl (C=O) groups is 2. The third-order valence-electron chi connectivity index (χ3n) is 3.00. The van der Waals surface area contributed by atoms with Crippen LogP contribution in [0.5, 0.6) is 5.75 Å². The van der Waals surface area contributed by atoms with Gasteiger partial charge in [-0.3, -0.25) is 4.79 Å². The Morgan fingerprint density at radius 2 is 1.91 bits per heavy atom. The van der Waals surface area contributed by atoms with Crippen molar-refractivity contribution in [2.45, 2.75) is 6.54 Å². The van der Waals surface area contributed by atoms with Crippen LogP contribution in [0.4, 0.5) is 0 Å². The van der Waals surface area contributed by atoms with Crippen molar-refractivity contribution in [2.24, 2.45) is 0 Å². The first-order chi connectivity index (χ1) is 11.1. The molecule has 0 aliphatic rings. The predicted molar refractivity (Wildman–Crippen MR) is 86.6 cm³/mol. The summed E-state index contributed by atoms with van der Waals surface area (Å²) in [5.41, 5.74) is 1.27. The van der Waals surface area contributed by atoms with E-state index in [1.54, 1.807) is 30.3 Å². The lowest BCUT2D eigenvalue weighted by atomic mass is 10.2. The van der Waals surface area contributed by atoms with Gasteiger partial charge in [0.2, 0.25) is 0 Å². The summed E-state index contributed by atoms with van der Waals surface area (Å²) in [5.74, 6) is -0.305. The van der Waals surface area contributed by atoms with Crippen LogP contribution in [0.3, 0.4) is 0 Å². The van der Waals surface area contributed by atoms with Crippen molar-refractivity contribution < 1.29 is 19.1 Å². The van der Waals surface area contributed by atoms with E-state index in [0.717, 1.165) is 5.56 Å². The maximum absolute atomic E-state index is 11.8. The highest BCUT2D eigenvalue weighted by atomic mass is 35.5. The van der Waals surface area contributed by atoms with Gasteiger partial charge in [0.1, 0.15) is 5.75 Å². The van der Waals surface area contributed by atoms with Gasteiger partial charge in [0.25, 0.3) is 5.91 Å². The highest BCUT2D eigenvalue weighted by Gasteiger charge is 2.08. The van der Waals surface area contributed by atoms with Crippen LogP contribution in [0.1, 0.15) is 15.9 Å². The minimum absolute atomic E-state index is 0.148. The lowest BCUT2D eigenvalue weighted by molar-refractivity contribution is -0.123. The zero-order valence-electron chi connectivity index (χ0n) is 12.5. The molecule has 0 heterocycles. The molecule has 0 atom stereocenters. The average Bonchev–Trinajstić information content (AvgIpc) is 2.57. The Kier molecular flexibility index (Phi) is 6.00. The summed E-state index contributed by atoms with van der Waals surface area (Å²) in [6, 6.07) is 13.7. The maximum atomic E-state index is 11.8. The fourth-order valence-electron chi connectivity index (χ4n) is 1.88. The molecule has 120 valence electrons. The first-order valence-corrected chi connectivity index (χ1v) is 7.28. The quantitative estimate of drug-likeness (QED) is 0.826. The number of esters is 1. The van der Waals surface area contributed by atoms with Crippen LogP contribution in [-0.4, -0.2) is 25.6 Å². The Morgan fingerprint density at radius 3 is 2.65 bits per heavy atom. The highest BCUT2D eigenvalue weighted by Crippen LogP contribution is 2.14. The Morgan fingerprint density at radius 1 is 1.13 bits per heavy atom. The predicted octanol–water partition coefficient (Wildman–Crippen LogP) is 2.82. The molecule has 0 bridgehead atoms. The van der Waals surface area contributed by atoms with Gasteiger partial charge in [0, 0.05) is 11.6 Å². The molecular formula is C17H16ClNO4. The van der Waals surface area contributed by atoms with Crippen molar-refractivity contribution in [3.8, 4) is 5.75 Å². The van der Waals surface area contributed by atoms with Crippen molar-refractivity contribution >= 4 is 23.5 Å². The number of nitrogens with one attached hydrogen (secondary N) is 1. The number of ether oxygens (including phenoxy) is 2. The molecule has 0 fully saturated rings. The zero-order valence-corrected chi connectivity index (χ0v) is 13.3. The molecule has 5 nitrogen and oxygen atoms in total. The first-order valence-electron chi connectivity index (χ1n) is 6.91. The molecule has 2 rings (SSSR count). The minimum atomic E-state index is -0.458. The number of amides is 1. The number of hydrogen-bond acceptors (Lipinski definition) is 4. The largest absolute Gasteiger partial charge is 0.484 e. The molecule has 0 aliphatic carbocycles. The van der Waals surface area contributed by atoms with Crippen LogP contribution in [0, 0.1) is 0 Å². The van der Waals surface area contributed by atoms with E-state index in [1.165, 1.54) is 13.2 Å². The van der Waals surface area contributed by atoms with Gasteiger partial charge < -0.3 is 14.8 Å². The van der Waals surface area contributed by atoms with E-state index in [2.05, 4.69) is 10.1 Å². The molecule has 2 aromatic rings. The SMILES string of the molecule is COC(=O)c1cccc(OCC(=O)NCc2cccc(Cl)c2)c1.